The Morgan fingerprint density at radius 2 is 1.65 bits per heavy atom. The van der Waals surface area contributed by atoms with Crippen LogP contribution < -0.4 is 36.0 Å². The van der Waals surface area contributed by atoms with E-state index in [1.54, 1.807) is 6.92 Å². The number of aliphatic hydroxyl groups is 2. The maximum Gasteiger partial charge on any atom is 0.330 e. The van der Waals surface area contributed by atoms with Gasteiger partial charge in [0.2, 0.25) is 0 Å². The van der Waals surface area contributed by atoms with Crippen LogP contribution >= 0.6 is 23.2 Å². The van der Waals surface area contributed by atoms with E-state index in [1.807, 2.05) is 4.98 Å². The predicted molar refractivity (Wildman–Crippen MR) is 115 cm³/mol. The van der Waals surface area contributed by atoms with E-state index < -0.39 is 70.9 Å². The standard InChI is InChI=1S/C17H23N2O15P3/c1-2-30-10-3-5-11(6-4-10)35(24,25)33-37(28,29)34-36(26,27)31-9-12-14(21)15(22)16(32-12)19-8-7-13(20)18-17(19)23/h3-8,12,14-16,21-22H,2,9H2,1H3,(H,24,25)(H,26,27)(H,28,29)(H,18,20,23)/p-3/t12-,14?,15+,16-/m1/s1. The fourth-order valence-electron chi connectivity index (χ4n) is 3.12. The minimum absolute atomic E-state index is 0.277. The Balaban J connectivity index is 1.63. The van der Waals surface area contributed by atoms with Crippen molar-refractivity contribution in [2.75, 3.05) is 13.2 Å². The van der Waals surface area contributed by atoms with Crippen molar-refractivity contribution < 1.29 is 61.2 Å². The van der Waals surface area contributed by atoms with E-state index in [0.29, 0.717) is 4.57 Å². The van der Waals surface area contributed by atoms with Crippen molar-refractivity contribution in [3.63, 3.8) is 0 Å². The minimum atomic E-state index is -6.07. The van der Waals surface area contributed by atoms with Crippen molar-refractivity contribution in [1.82, 2.24) is 9.55 Å². The highest BCUT2D eigenvalue weighted by molar-refractivity contribution is 7.70. The van der Waals surface area contributed by atoms with Crippen LogP contribution in [-0.4, -0.2) is 51.3 Å². The van der Waals surface area contributed by atoms with E-state index in [4.69, 9.17) is 9.47 Å². The van der Waals surface area contributed by atoms with Gasteiger partial charge in [-0.15, -0.1) is 0 Å². The monoisotopic (exact) mass is 585 g/mol. The molecule has 1 aliphatic heterocycles. The molecule has 2 aromatic rings. The van der Waals surface area contributed by atoms with Crippen LogP contribution in [0.4, 0.5) is 0 Å². The van der Waals surface area contributed by atoms with E-state index >= 15 is 0 Å². The Kier molecular flexibility index (Phi) is 9.13. The molecule has 1 saturated heterocycles. The molecule has 206 valence electrons. The topological polar surface area (TPSA) is 262 Å². The molecule has 1 fully saturated rings. The van der Waals surface area contributed by atoms with Gasteiger partial charge in [0.25, 0.3) is 21.2 Å². The summed E-state index contributed by atoms with van der Waals surface area (Å²) in [4.78, 5) is 61.1. The molecule has 2 heterocycles. The van der Waals surface area contributed by atoms with Gasteiger partial charge in [0.15, 0.2) is 13.8 Å². The van der Waals surface area contributed by atoms with Gasteiger partial charge in [-0.05, 0) is 31.2 Å². The van der Waals surface area contributed by atoms with Crippen LogP contribution in [0.5, 0.6) is 5.75 Å². The van der Waals surface area contributed by atoms with Gasteiger partial charge in [-0.1, -0.05) is 0 Å². The van der Waals surface area contributed by atoms with Crippen molar-refractivity contribution >= 4 is 28.5 Å². The second kappa shape index (κ2) is 11.4. The molecular formula is C17H20N2O15P3-3. The summed E-state index contributed by atoms with van der Waals surface area (Å²) in [6, 6.07) is 5.25. The molecular weight excluding hydrogens is 565 g/mol. The van der Waals surface area contributed by atoms with Gasteiger partial charge in [0.1, 0.15) is 24.1 Å². The molecule has 3 rings (SSSR count). The maximum absolute atomic E-state index is 12.2. The third kappa shape index (κ3) is 7.54. The molecule has 0 amide bonds. The fourth-order valence-corrected chi connectivity index (χ4v) is 6.95. The molecule has 0 aliphatic carbocycles. The highest BCUT2D eigenvalue weighted by atomic mass is 31.3. The molecule has 1 aromatic heterocycles. The number of ether oxygens (including phenoxy) is 2. The van der Waals surface area contributed by atoms with Crippen LogP contribution in [0.2, 0.25) is 0 Å². The van der Waals surface area contributed by atoms with E-state index in [9.17, 15) is 48.2 Å². The Morgan fingerprint density at radius 3 is 2.24 bits per heavy atom. The SMILES string of the molecule is CCOc1ccc(P(=O)([O-])OP(=O)([O-])OP(=O)([O-])OC[C@H]2O[C@@H](n3ccc(=O)[nH]c3=O)[C@@H](O)C2O)cc1. The van der Waals surface area contributed by atoms with Crippen molar-refractivity contribution in [2.24, 2.45) is 0 Å². The smallest absolute Gasteiger partial charge is 0.330 e. The Bertz CT molecular complexity index is 1360. The van der Waals surface area contributed by atoms with Crippen LogP contribution in [0.3, 0.4) is 0 Å². The van der Waals surface area contributed by atoms with Gasteiger partial charge in [0.05, 0.1) is 13.2 Å². The molecule has 7 atom stereocenters. The summed E-state index contributed by atoms with van der Waals surface area (Å²) in [5.41, 5.74) is -1.77. The van der Waals surface area contributed by atoms with E-state index in [0.717, 1.165) is 24.4 Å². The lowest BCUT2D eigenvalue weighted by molar-refractivity contribution is -0.245. The number of aromatic amines is 1. The molecule has 37 heavy (non-hydrogen) atoms. The Morgan fingerprint density at radius 1 is 1.00 bits per heavy atom. The van der Waals surface area contributed by atoms with Crippen LogP contribution in [0.25, 0.3) is 0 Å². The Labute approximate surface area is 207 Å². The van der Waals surface area contributed by atoms with Gasteiger partial charge in [-0.3, -0.25) is 27.8 Å². The zero-order chi connectivity index (χ0) is 27.6. The van der Waals surface area contributed by atoms with Crippen LogP contribution in [0.1, 0.15) is 13.2 Å². The quantitative estimate of drug-likeness (QED) is 0.229. The molecule has 20 heteroatoms. The average molecular weight is 585 g/mol. The molecule has 0 radical (unpaired) electrons. The van der Waals surface area contributed by atoms with Gasteiger partial charge in [0, 0.05) is 17.6 Å². The summed E-state index contributed by atoms with van der Waals surface area (Å²) in [5, 5.41) is 19.6. The second-order valence-electron chi connectivity index (χ2n) is 7.34. The molecule has 1 aliphatic rings. The molecule has 0 saturated carbocycles. The van der Waals surface area contributed by atoms with Crippen LogP contribution in [-0.2, 0) is 31.6 Å². The number of hydrogen-bond donors (Lipinski definition) is 3. The van der Waals surface area contributed by atoms with Crippen molar-refractivity contribution in [2.45, 2.75) is 31.5 Å². The summed E-state index contributed by atoms with van der Waals surface area (Å²) < 4.78 is 59.3. The molecule has 3 N–H and O–H groups in total. The van der Waals surface area contributed by atoms with Gasteiger partial charge in [-0.25, -0.2) is 9.11 Å². The third-order valence-corrected chi connectivity index (χ3v) is 9.39. The summed E-state index contributed by atoms with van der Waals surface area (Å²) in [5.74, 6) is 0.277. The number of aromatic nitrogens is 2. The zero-order valence-electron chi connectivity index (χ0n) is 18.7. The number of nitrogens with one attached hydrogen (secondary N) is 1. The first-order chi connectivity index (χ1) is 17.1. The number of benzene rings is 1. The summed E-state index contributed by atoms with van der Waals surface area (Å²) in [6.45, 7) is 0.834. The molecule has 17 nitrogen and oxygen atoms in total. The molecule has 1 aromatic carbocycles. The molecule has 0 spiro atoms. The van der Waals surface area contributed by atoms with E-state index in [-0.39, 0.29) is 12.4 Å². The van der Waals surface area contributed by atoms with Crippen molar-refractivity contribution in [3.8, 4) is 5.75 Å². The molecule has 4 unspecified atom stereocenters. The van der Waals surface area contributed by atoms with Crippen molar-refractivity contribution in [1.29, 1.82) is 0 Å². The maximum atomic E-state index is 12.2. The van der Waals surface area contributed by atoms with Gasteiger partial charge >= 0.3 is 5.69 Å². The summed E-state index contributed by atoms with van der Waals surface area (Å²) in [6.07, 6.45) is -5.89. The largest absolute Gasteiger partial charge is 0.775 e. The number of aliphatic hydroxyl groups excluding tert-OH is 2. The number of rotatable bonds is 11. The van der Waals surface area contributed by atoms with E-state index in [2.05, 4.69) is 13.1 Å². The average Bonchev–Trinajstić information content (AvgIpc) is 3.05. The molecule has 0 bridgehead atoms. The lowest BCUT2D eigenvalue weighted by Gasteiger charge is -2.35. The number of H-pyrrole nitrogens is 1. The Hall–Kier alpha value is -1.97. The number of hydrogen-bond acceptors (Lipinski definition) is 15. The van der Waals surface area contributed by atoms with Gasteiger partial charge < -0.3 is 43.5 Å². The highest BCUT2D eigenvalue weighted by Crippen LogP contribution is 2.62. The second-order valence-corrected chi connectivity index (χ2v) is 12.2. The van der Waals surface area contributed by atoms with E-state index in [1.165, 1.54) is 12.1 Å². The predicted octanol–water partition coefficient (Wildman–Crippen LogP) is -2.58. The van der Waals surface area contributed by atoms with Gasteiger partial charge in [-0.2, -0.15) is 0 Å². The fraction of sp³-hybridized carbons (Fsp3) is 0.412. The number of phosphoric acid groups is 2. The minimum Gasteiger partial charge on any atom is -0.775 e. The summed E-state index contributed by atoms with van der Waals surface area (Å²) in [7, 11) is -17.3. The first kappa shape index (κ1) is 29.6. The normalized spacial score (nSPS) is 26.6. The summed E-state index contributed by atoms with van der Waals surface area (Å²) >= 11 is 0. The third-order valence-electron chi connectivity index (χ3n) is 4.73. The lowest BCUT2D eigenvalue weighted by atomic mass is 10.1. The van der Waals surface area contributed by atoms with Crippen LogP contribution in [0.15, 0.2) is 46.1 Å². The van der Waals surface area contributed by atoms with Crippen molar-refractivity contribution in [3.05, 3.63) is 57.4 Å². The number of nitrogens with zero attached hydrogens (tertiary/aromatic N) is 1. The lowest BCUT2D eigenvalue weighted by Crippen LogP contribution is -2.37. The zero-order valence-corrected chi connectivity index (χ0v) is 21.4. The van der Waals surface area contributed by atoms with Crippen LogP contribution in [0, 0.1) is 0 Å². The highest BCUT2D eigenvalue weighted by Gasteiger charge is 2.44. The first-order valence-electron chi connectivity index (χ1n) is 10.2. The number of phosphoric ester groups is 1. The first-order valence-corrected chi connectivity index (χ1v) is 14.7.